The first-order chi connectivity index (χ1) is 49.3. The molecule has 16 atom stereocenters. The second-order valence-electron chi connectivity index (χ2n) is 24.2. The quantitative estimate of drug-likeness (QED) is 0.0345. The first-order valence-corrected chi connectivity index (χ1v) is 32.3. The molecule has 35 heteroatoms. The molecule has 32 nitrogen and oxygen atoms in total. The minimum atomic E-state index is -1.44. The standard InChI is InChI=1S/3C17H19FN2O6.C17H20N2O6/c18-11-3-1-10(2-4-11)5-7-19-13(22)6-8-20(17(19)25)16-15(24)14(23)12(9-21)26-16;18-11-3-1-2-10(8-11)4-6-19-13(22)5-7-20(17(19)25)16-15(24)14(23)12(9-21)26-16;18-11-4-2-1-3-10(11)5-7-19-13(22)6-8-20(17(19)25)16-15(24)14(23)12(9-21)26-16;20-10-12-14(22)15(23)16(25-12)19-9-7-13(21)18(17(19)24)8-6-11-4-2-1-3-5-11/h1-4,6,8,12,14-16,21,23-24H,5,7,9H2;1-3,5,7-8,12,14-16,21,23-24H,4,6,9H2;1-4,6,8,12,14-16,21,23-24H,5,7,9H2;1-5,7,9,12,14-16,20,22-23H,6,8,10H2/t4*12-,14+,15?,16-/m1111/s1. The largest absolute Gasteiger partial charge is 0.394 e. The summed E-state index contributed by atoms with van der Waals surface area (Å²) in [4.78, 5) is 98.7. The summed E-state index contributed by atoms with van der Waals surface area (Å²) in [5, 5.41) is 116. The molecule has 0 saturated carbocycles. The van der Waals surface area contributed by atoms with Crippen LogP contribution in [-0.2, 0) is 70.8 Å². The van der Waals surface area contributed by atoms with Gasteiger partial charge >= 0.3 is 22.8 Å². The zero-order valence-corrected chi connectivity index (χ0v) is 54.6. The number of rotatable bonds is 20. The second-order valence-corrected chi connectivity index (χ2v) is 24.2. The molecule has 4 aromatic heterocycles. The number of hydrogen-bond donors (Lipinski definition) is 12. The van der Waals surface area contributed by atoms with Crippen molar-refractivity contribution in [2.75, 3.05) is 26.4 Å². The highest BCUT2D eigenvalue weighted by Gasteiger charge is 2.47. The number of ether oxygens (including phenoxy) is 4. The summed E-state index contributed by atoms with van der Waals surface area (Å²) in [6, 6.07) is 31.7. The van der Waals surface area contributed by atoms with Gasteiger partial charge in [0.05, 0.1) is 26.4 Å². The second kappa shape index (κ2) is 35.3. The fourth-order valence-corrected chi connectivity index (χ4v) is 11.8. The average Bonchev–Trinajstić information content (AvgIpc) is 1.71. The van der Waals surface area contributed by atoms with Crippen molar-refractivity contribution < 1.29 is 93.4 Å². The normalized spacial score (nSPS) is 25.7. The lowest BCUT2D eigenvalue weighted by Gasteiger charge is -2.18. The van der Waals surface area contributed by atoms with Gasteiger partial charge in [0.2, 0.25) is 0 Å². The number of aryl methyl sites for hydroxylation is 4. The van der Waals surface area contributed by atoms with Crippen LogP contribution in [0.25, 0.3) is 0 Å². The predicted octanol–water partition coefficient (Wildman–Crippen LogP) is -4.13. The maximum absolute atomic E-state index is 13.7. The number of hydrogen-bond acceptors (Lipinski definition) is 24. The monoisotopic (exact) mass is 1450 g/mol. The molecule has 0 radical (unpaired) electrons. The van der Waals surface area contributed by atoms with Crippen LogP contribution in [0.15, 0.2) is 191 Å². The topological polar surface area (TPSA) is 456 Å². The van der Waals surface area contributed by atoms with Crippen molar-refractivity contribution in [3.05, 3.63) is 275 Å². The van der Waals surface area contributed by atoms with Crippen LogP contribution in [0.2, 0.25) is 0 Å². The molecule has 4 saturated heterocycles. The van der Waals surface area contributed by atoms with E-state index >= 15 is 0 Å². The summed E-state index contributed by atoms with van der Waals surface area (Å²) in [5.74, 6) is -1.22. The van der Waals surface area contributed by atoms with E-state index in [1.54, 1.807) is 36.4 Å². The molecule has 4 fully saturated rings. The maximum atomic E-state index is 13.7. The first kappa shape index (κ1) is 77.9. The molecule has 12 rings (SSSR count). The highest BCUT2D eigenvalue weighted by atomic mass is 19.1. The molecule has 103 heavy (non-hydrogen) atoms. The Balaban J connectivity index is 0.000000160. The zero-order chi connectivity index (χ0) is 74.5. The van der Waals surface area contributed by atoms with Gasteiger partial charge in [-0.1, -0.05) is 72.8 Å². The number of aliphatic hydroxyl groups excluding tert-OH is 12. The fraction of sp³-hybridized carbons (Fsp3) is 0.412. The van der Waals surface area contributed by atoms with E-state index in [1.807, 2.05) is 30.3 Å². The molecule has 554 valence electrons. The summed E-state index contributed by atoms with van der Waals surface area (Å²) < 4.78 is 69.2. The van der Waals surface area contributed by atoms with Crippen LogP contribution >= 0.6 is 0 Å². The molecule has 4 unspecified atom stereocenters. The van der Waals surface area contributed by atoms with Crippen LogP contribution in [0.4, 0.5) is 13.2 Å². The molecule has 0 amide bonds. The molecular formula is C68H77F3N8O24. The van der Waals surface area contributed by atoms with E-state index in [0.717, 1.165) is 72.1 Å². The molecule has 8 heterocycles. The van der Waals surface area contributed by atoms with Crippen molar-refractivity contribution in [1.82, 2.24) is 36.5 Å². The van der Waals surface area contributed by atoms with E-state index in [0.29, 0.717) is 24.0 Å². The van der Waals surface area contributed by atoms with Crippen LogP contribution < -0.4 is 45.0 Å². The number of aliphatic hydroxyl groups is 12. The van der Waals surface area contributed by atoms with Crippen LogP contribution in [0.5, 0.6) is 0 Å². The van der Waals surface area contributed by atoms with Gasteiger partial charge in [-0.2, -0.15) is 0 Å². The molecule has 4 aliphatic heterocycles. The Hall–Kier alpha value is -9.25. The van der Waals surface area contributed by atoms with E-state index < -0.39 is 181 Å². The SMILES string of the molecule is O=c1ccn([C@@H]2O[C@H](CO)[C@H](O)C2O)c(=O)n1CCc1ccc(F)cc1.O=c1ccn([C@@H]2O[C@H](CO)[C@H](O)C2O)c(=O)n1CCc1cccc(F)c1.O=c1ccn([C@@H]2O[C@H](CO)[C@H](O)C2O)c(=O)n1CCc1ccccc1.O=c1ccn([C@@H]2O[C@H](CO)[C@H](O)C2O)c(=O)n1CCc1ccccc1F. The highest BCUT2D eigenvalue weighted by molar-refractivity contribution is 5.19. The predicted molar refractivity (Wildman–Crippen MR) is 352 cm³/mol. The molecule has 4 aliphatic rings. The third-order valence-corrected chi connectivity index (χ3v) is 17.6. The Morgan fingerprint density at radius 2 is 0.612 bits per heavy atom. The van der Waals surface area contributed by atoms with Crippen LogP contribution in [0, 0.1) is 17.5 Å². The van der Waals surface area contributed by atoms with Crippen molar-refractivity contribution in [2.45, 2.75) is 150 Å². The number of nitrogens with zero attached hydrogens (tertiary/aromatic N) is 8. The lowest BCUT2D eigenvalue weighted by atomic mass is 10.1. The van der Waals surface area contributed by atoms with Gasteiger partial charge in [0.25, 0.3) is 22.2 Å². The van der Waals surface area contributed by atoms with Gasteiger partial charge in [-0.15, -0.1) is 0 Å². The summed E-state index contributed by atoms with van der Waals surface area (Å²) in [6.07, 6.45) is -14.1. The lowest BCUT2D eigenvalue weighted by Crippen LogP contribution is -2.43. The van der Waals surface area contributed by atoms with Gasteiger partial charge in [-0.25, -0.2) is 32.3 Å². The number of halogens is 3. The van der Waals surface area contributed by atoms with Crippen LogP contribution in [-0.4, -0.2) is 197 Å². The summed E-state index contributed by atoms with van der Waals surface area (Å²) in [6.45, 7) is -1.88. The molecule has 0 spiro atoms. The van der Waals surface area contributed by atoms with E-state index in [2.05, 4.69) is 0 Å². The van der Waals surface area contributed by atoms with Crippen molar-refractivity contribution in [3.8, 4) is 0 Å². The van der Waals surface area contributed by atoms with Gasteiger partial charge in [-0.05, 0) is 78.3 Å². The molecule has 4 aromatic carbocycles. The van der Waals surface area contributed by atoms with Crippen molar-refractivity contribution >= 4 is 0 Å². The lowest BCUT2D eigenvalue weighted by molar-refractivity contribution is -0.0556. The Labute approximate surface area is 579 Å². The minimum Gasteiger partial charge on any atom is -0.394 e. The van der Waals surface area contributed by atoms with Gasteiger partial charge in [-0.3, -0.25) is 55.7 Å². The van der Waals surface area contributed by atoms with Gasteiger partial charge < -0.3 is 80.2 Å². The van der Waals surface area contributed by atoms with Crippen molar-refractivity contribution in [1.29, 1.82) is 0 Å². The molecule has 12 N–H and O–H groups in total. The third kappa shape index (κ3) is 18.0. The van der Waals surface area contributed by atoms with E-state index in [-0.39, 0.29) is 44.8 Å². The molecule has 0 bridgehead atoms. The van der Waals surface area contributed by atoms with Crippen LogP contribution in [0.3, 0.4) is 0 Å². The van der Waals surface area contributed by atoms with Gasteiger partial charge in [0.15, 0.2) is 24.9 Å². The smallest absolute Gasteiger partial charge is 0.333 e. The van der Waals surface area contributed by atoms with Crippen molar-refractivity contribution in [2.24, 2.45) is 0 Å². The summed E-state index contributed by atoms with van der Waals surface area (Å²) in [5.41, 5.74) is -2.23. The number of benzene rings is 4. The molecule has 8 aromatic rings. The van der Waals surface area contributed by atoms with Crippen molar-refractivity contribution in [3.63, 3.8) is 0 Å². The Morgan fingerprint density at radius 3 is 0.932 bits per heavy atom. The molecular weight excluding hydrogens is 1370 g/mol. The Morgan fingerprint density at radius 1 is 0.311 bits per heavy atom. The van der Waals surface area contributed by atoms with E-state index in [4.69, 9.17) is 39.4 Å². The third-order valence-electron chi connectivity index (χ3n) is 17.6. The average molecular weight is 1450 g/mol. The first-order valence-electron chi connectivity index (χ1n) is 32.3. The Kier molecular flexibility index (Phi) is 26.7. The fourth-order valence-electron chi connectivity index (χ4n) is 11.8. The van der Waals surface area contributed by atoms with Gasteiger partial charge in [0.1, 0.15) is 90.7 Å². The van der Waals surface area contributed by atoms with E-state index in [9.17, 15) is 92.4 Å². The van der Waals surface area contributed by atoms with Gasteiger partial charge in [0, 0.05) is 75.2 Å². The molecule has 0 aliphatic carbocycles. The zero-order valence-electron chi connectivity index (χ0n) is 54.6. The van der Waals surface area contributed by atoms with E-state index in [1.165, 1.54) is 61.1 Å². The summed E-state index contributed by atoms with van der Waals surface area (Å²) >= 11 is 0. The Bertz CT molecular complexity index is 4660. The highest BCUT2D eigenvalue weighted by Crippen LogP contribution is 2.31. The summed E-state index contributed by atoms with van der Waals surface area (Å²) in [7, 11) is 0. The van der Waals surface area contributed by atoms with Crippen LogP contribution in [0.1, 0.15) is 47.2 Å². The number of aromatic nitrogens is 8. The minimum absolute atomic E-state index is 0.0107. The maximum Gasteiger partial charge on any atom is 0.333 e.